The fraction of sp³-hybridized carbons (Fsp3) is 0.238. The number of rotatable bonds is 8. The molecule has 5 aromatic rings. The molecular formula is C42H38Cl4N4O2. The molecular weight excluding hydrogens is 734 g/mol. The van der Waals surface area contributed by atoms with Gasteiger partial charge in [-0.05, 0) is 107 Å². The van der Waals surface area contributed by atoms with E-state index in [9.17, 15) is 9.59 Å². The van der Waals surface area contributed by atoms with Gasteiger partial charge in [-0.2, -0.15) is 0 Å². The molecule has 0 aliphatic carbocycles. The molecule has 2 aliphatic rings. The lowest BCUT2D eigenvalue weighted by molar-refractivity contribution is 0.0943. The smallest absolute Gasteiger partial charge is 0.251 e. The van der Waals surface area contributed by atoms with Crippen LogP contribution in [-0.2, 0) is 26.2 Å². The largest absolute Gasteiger partial charge is 0.348 e. The molecule has 2 unspecified atom stereocenters. The predicted octanol–water partition coefficient (Wildman–Crippen LogP) is 9.31. The molecule has 266 valence electrons. The molecule has 0 spiro atoms. The number of nitrogens with one attached hydrogen (secondary N) is 2. The second-order valence-electron chi connectivity index (χ2n) is 13.8. The maximum Gasteiger partial charge on any atom is 0.251 e. The van der Waals surface area contributed by atoms with Gasteiger partial charge in [0.05, 0.1) is 0 Å². The van der Waals surface area contributed by atoms with Crippen molar-refractivity contribution in [3.63, 3.8) is 0 Å². The molecule has 7 rings (SSSR count). The number of benzene rings is 5. The lowest BCUT2D eigenvalue weighted by Crippen LogP contribution is -2.31. The van der Waals surface area contributed by atoms with E-state index in [2.05, 4.69) is 34.5 Å². The number of carbonyl (C=O) groups is 2. The van der Waals surface area contributed by atoms with Crippen LogP contribution in [0.25, 0.3) is 0 Å². The molecule has 0 aromatic heterocycles. The number of fused-ring (bicyclic) bond motifs is 2. The van der Waals surface area contributed by atoms with Gasteiger partial charge in [0.25, 0.3) is 11.8 Å². The molecule has 2 atom stereocenters. The van der Waals surface area contributed by atoms with Gasteiger partial charge in [0.15, 0.2) is 0 Å². The summed E-state index contributed by atoms with van der Waals surface area (Å²) in [7, 11) is 4.14. The summed E-state index contributed by atoms with van der Waals surface area (Å²) < 4.78 is 0. The van der Waals surface area contributed by atoms with E-state index in [4.69, 9.17) is 46.4 Å². The van der Waals surface area contributed by atoms with Gasteiger partial charge in [-0.1, -0.05) is 94.9 Å². The Labute approximate surface area is 324 Å². The SMILES string of the molecule is CN1Cc2c(Cl)cc(Cl)cc2C(c2cccc(C(=O)NCc3cccc(CNC(=O)c4cccc(C5CN(C)Cc6c(Cl)cc(Cl)cc65)c4)c3)c2)C1. The zero-order chi connectivity index (χ0) is 36.5. The number of halogens is 4. The van der Waals surface area contributed by atoms with Crippen LogP contribution in [-0.4, -0.2) is 48.8 Å². The third-order valence-electron chi connectivity index (χ3n) is 9.98. The summed E-state index contributed by atoms with van der Waals surface area (Å²) in [4.78, 5) is 31.2. The van der Waals surface area contributed by atoms with Crippen molar-refractivity contribution in [2.75, 3.05) is 27.2 Å². The Hall–Kier alpha value is -3.88. The Morgan fingerprint density at radius 3 is 1.46 bits per heavy atom. The van der Waals surface area contributed by atoms with E-state index in [-0.39, 0.29) is 23.7 Å². The fourth-order valence-electron chi connectivity index (χ4n) is 7.47. The molecule has 2 heterocycles. The maximum atomic E-state index is 13.4. The first-order valence-electron chi connectivity index (χ1n) is 17.2. The summed E-state index contributed by atoms with van der Waals surface area (Å²) in [5.41, 5.74) is 9.44. The van der Waals surface area contributed by atoms with Crippen LogP contribution in [0.3, 0.4) is 0 Å². The first-order valence-corrected chi connectivity index (χ1v) is 18.7. The number of hydrogen-bond acceptors (Lipinski definition) is 4. The van der Waals surface area contributed by atoms with Crippen LogP contribution < -0.4 is 10.6 Å². The molecule has 10 heteroatoms. The Kier molecular flexibility index (Phi) is 11.0. The Balaban J connectivity index is 0.988. The van der Waals surface area contributed by atoms with E-state index < -0.39 is 0 Å². The number of carbonyl (C=O) groups excluding carboxylic acids is 2. The van der Waals surface area contributed by atoms with Crippen molar-refractivity contribution >= 4 is 58.2 Å². The van der Waals surface area contributed by atoms with Crippen LogP contribution in [0.1, 0.15) is 77.1 Å². The minimum atomic E-state index is -0.162. The molecule has 0 saturated heterocycles. The van der Waals surface area contributed by atoms with E-state index in [1.54, 1.807) is 12.1 Å². The Morgan fingerprint density at radius 1 is 0.596 bits per heavy atom. The van der Waals surface area contributed by atoms with E-state index >= 15 is 0 Å². The number of amides is 2. The van der Waals surface area contributed by atoms with Gasteiger partial charge in [0, 0.05) is 82.3 Å². The minimum Gasteiger partial charge on any atom is -0.348 e. The quantitative estimate of drug-likeness (QED) is 0.165. The van der Waals surface area contributed by atoms with Crippen LogP contribution in [0.15, 0.2) is 97.1 Å². The molecule has 5 aromatic carbocycles. The van der Waals surface area contributed by atoms with Gasteiger partial charge >= 0.3 is 0 Å². The second-order valence-corrected chi connectivity index (χ2v) is 15.5. The van der Waals surface area contributed by atoms with Crippen molar-refractivity contribution in [2.24, 2.45) is 0 Å². The van der Waals surface area contributed by atoms with Crippen LogP contribution in [0.4, 0.5) is 0 Å². The predicted molar refractivity (Wildman–Crippen MR) is 211 cm³/mol. The van der Waals surface area contributed by atoms with Gasteiger partial charge in [-0.15, -0.1) is 0 Å². The van der Waals surface area contributed by atoms with Gasteiger partial charge in [-0.3, -0.25) is 9.59 Å². The van der Waals surface area contributed by atoms with Crippen LogP contribution >= 0.6 is 46.4 Å². The van der Waals surface area contributed by atoms with Crippen molar-refractivity contribution in [3.05, 3.63) is 173 Å². The summed E-state index contributed by atoms with van der Waals surface area (Å²) in [6, 6.07) is 30.9. The second kappa shape index (κ2) is 15.6. The third kappa shape index (κ3) is 8.03. The summed E-state index contributed by atoms with van der Waals surface area (Å²) >= 11 is 25.9. The lowest BCUT2D eigenvalue weighted by Gasteiger charge is -2.33. The molecule has 0 radical (unpaired) electrons. The highest BCUT2D eigenvalue weighted by molar-refractivity contribution is 6.35. The molecule has 2 N–H and O–H groups in total. The Bertz CT molecular complexity index is 2020. The van der Waals surface area contributed by atoms with Crippen LogP contribution in [0.5, 0.6) is 0 Å². The highest BCUT2D eigenvalue weighted by Gasteiger charge is 2.29. The van der Waals surface area contributed by atoms with E-state index in [0.29, 0.717) is 44.3 Å². The molecule has 0 saturated carbocycles. The molecule has 52 heavy (non-hydrogen) atoms. The van der Waals surface area contributed by atoms with Gasteiger partial charge in [-0.25, -0.2) is 0 Å². The molecule has 0 bridgehead atoms. The van der Waals surface area contributed by atoms with Crippen molar-refractivity contribution < 1.29 is 9.59 Å². The average molecular weight is 773 g/mol. The topological polar surface area (TPSA) is 64.7 Å². The van der Waals surface area contributed by atoms with Crippen LogP contribution in [0, 0.1) is 0 Å². The highest BCUT2D eigenvalue weighted by Crippen LogP contribution is 2.40. The van der Waals surface area contributed by atoms with Crippen LogP contribution in [0.2, 0.25) is 20.1 Å². The van der Waals surface area contributed by atoms with E-state index in [1.807, 2.05) is 84.9 Å². The first-order chi connectivity index (χ1) is 25.0. The van der Waals surface area contributed by atoms with Gasteiger partial charge < -0.3 is 20.4 Å². The van der Waals surface area contributed by atoms with Crippen molar-refractivity contribution in [2.45, 2.75) is 38.0 Å². The average Bonchev–Trinajstić information content (AvgIpc) is 3.13. The summed E-state index contributed by atoms with van der Waals surface area (Å²) in [6.07, 6.45) is 0. The monoisotopic (exact) mass is 770 g/mol. The van der Waals surface area contributed by atoms with Crippen molar-refractivity contribution in [1.82, 2.24) is 20.4 Å². The van der Waals surface area contributed by atoms with E-state index in [0.717, 1.165) is 70.7 Å². The fourth-order valence-corrected chi connectivity index (χ4v) is 8.61. The Morgan fingerprint density at radius 2 is 1.02 bits per heavy atom. The highest BCUT2D eigenvalue weighted by atomic mass is 35.5. The summed E-state index contributed by atoms with van der Waals surface area (Å²) in [5.74, 6) is -0.248. The van der Waals surface area contributed by atoms with Gasteiger partial charge in [0.1, 0.15) is 0 Å². The minimum absolute atomic E-state index is 0.0379. The number of nitrogens with zero attached hydrogens (tertiary/aromatic N) is 2. The maximum absolute atomic E-state index is 13.4. The van der Waals surface area contributed by atoms with Crippen molar-refractivity contribution in [1.29, 1.82) is 0 Å². The molecule has 2 aliphatic heterocycles. The molecule has 2 amide bonds. The summed E-state index contributed by atoms with van der Waals surface area (Å²) in [5, 5.41) is 8.67. The lowest BCUT2D eigenvalue weighted by atomic mass is 9.84. The van der Waals surface area contributed by atoms with Gasteiger partial charge in [0.2, 0.25) is 0 Å². The zero-order valence-electron chi connectivity index (χ0n) is 28.9. The van der Waals surface area contributed by atoms with E-state index in [1.165, 1.54) is 0 Å². The molecule has 6 nitrogen and oxygen atoms in total. The first kappa shape index (κ1) is 36.5. The third-order valence-corrected chi connectivity index (χ3v) is 11.1. The standard InChI is InChI=1S/C42H38Cl4N4O2/c1-49-21-35(33-15-31(43)17-39(45)37(33)23-49)27-8-4-10-29(13-27)41(51)47-19-25-6-3-7-26(12-25)20-48-42(52)30-11-5-9-28(14-30)36-22-50(2)24-38-34(36)16-32(44)18-40(38)46/h3-18,35-36H,19-24H2,1-2H3,(H,47,51)(H,48,52). The van der Waals surface area contributed by atoms with Crippen molar-refractivity contribution in [3.8, 4) is 0 Å². The summed E-state index contributed by atoms with van der Waals surface area (Å²) in [6.45, 7) is 3.77. The normalized spacial score (nSPS) is 17.3. The number of likely N-dealkylation sites (N-methyl/N-ethyl adjacent to an activating group) is 2. The molecule has 0 fully saturated rings. The zero-order valence-corrected chi connectivity index (χ0v) is 31.9. The number of hydrogen-bond donors (Lipinski definition) is 2.